The molecule has 0 amide bonds. The zero-order chi connectivity index (χ0) is 9.74. The van der Waals surface area contributed by atoms with Gasteiger partial charge < -0.3 is 4.43 Å². The van der Waals surface area contributed by atoms with E-state index in [4.69, 9.17) is 4.43 Å². The Hall–Kier alpha value is 0.657. The van der Waals surface area contributed by atoms with Crippen molar-refractivity contribution >= 4 is 24.2 Å². The van der Waals surface area contributed by atoms with Crippen LogP contribution in [0.3, 0.4) is 0 Å². The second-order valence-corrected chi connectivity index (χ2v) is 11.8. The lowest BCUT2D eigenvalue weighted by Gasteiger charge is -2.34. The third-order valence-corrected chi connectivity index (χ3v) is 5.34. The summed E-state index contributed by atoms with van der Waals surface area (Å²) < 4.78 is 6.80. The molecule has 13 heavy (non-hydrogen) atoms. The SMILES string of the molecule is C[Si](C)(C)OC12CCC(Br)(CC1)C2. The fourth-order valence-corrected chi connectivity index (χ4v) is 5.36. The number of alkyl halides is 1. The smallest absolute Gasteiger partial charge is 0.184 e. The Bertz CT molecular complexity index is 213. The van der Waals surface area contributed by atoms with Crippen LogP contribution < -0.4 is 0 Å². The van der Waals surface area contributed by atoms with Gasteiger partial charge in [0.15, 0.2) is 8.32 Å². The molecule has 0 aromatic carbocycles. The first kappa shape index (κ1) is 10.2. The Labute approximate surface area is 90.5 Å². The van der Waals surface area contributed by atoms with Gasteiger partial charge in [0.2, 0.25) is 0 Å². The van der Waals surface area contributed by atoms with Crippen LogP contribution in [0.25, 0.3) is 0 Å². The van der Waals surface area contributed by atoms with E-state index in [2.05, 4.69) is 35.6 Å². The first-order valence-corrected chi connectivity index (χ1v) is 9.42. The second kappa shape index (κ2) is 2.83. The van der Waals surface area contributed by atoms with Crippen LogP contribution in [0, 0.1) is 0 Å². The molecule has 0 atom stereocenters. The van der Waals surface area contributed by atoms with Gasteiger partial charge in [0.05, 0.1) is 5.60 Å². The van der Waals surface area contributed by atoms with Crippen molar-refractivity contribution in [3.05, 3.63) is 0 Å². The molecule has 0 heterocycles. The summed E-state index contributed by atoms with van der Waals surface area (Å²) in [7, 11) is -1.34. The van der Waals surface area contributed by atoms with Gasteiger partial charge in [0.25, 0.3) is 0 Å². The predicted molar refractivity (Wildman–Crippen MR) is 61.9 cm³/mol. The van der Waals surface area contributed by atoms with E-state index < -0.39 is 8.32 Å². The zero-order valence-electron chi connectivity index (χ0n) is 8.82. The van der Waals surface area contributed by atoms with Gasteiger partial charge in [-0.1, -0.05) is 15.9 Å². The maximum Gasteiger partial charge on any atom is 0.184 e. The molecule has 0 unspecified atom stereocenters. The highest BCUT2D eigenvalue weighted by molar-refractivity contribution is 9.10. The molecule has 2 fully saturated rings. The maximum absolute atomic E-state index is 6.35. The molecule has 0 aromatic heterocycles. The quantitative estimate of drug-likeness (QED) is 0.545. The summed E-state index contributed by atoms with van der Waals surface area (Å²) in [6.07, 6.45) is 6.45. The Morgan fingerprint density at radius 1 is 1.08 bits per heavy atom. The number of hydrogen-bond acceptors (Lipinski definition) is 1. The molecule has 2 bridgehead atoms. The van der Waals surface area contributed by atoms with E-state index in [-0.39, 0.29) is 5.60 Å². The Kier molecular flexibility index (Phi) is 2.22. The van der Waals surface area contributed by atoms with Crippen molar-refractivity contribution in [2.45, 2.75) is 61.7 Å². The van der Waals surface area contributed by atoms with Gasteiger partial charge in [-0.15, -0.1) is 0 Å². The Morgan fingerprint density at radius 3 is 1.92 bits per heavy atom. The van der Waals surface area contributed by atoms with Crippen molar-refractivity contribution in [2.75, 3.05) is 0 Å². The average molecular weight is 263 g/mol. The number of halogens is 1. The van der Waals surface area contributed by atoms with Gasteiger partial charge in [-0.05, 0) is 51.7 Å². The highest BCUT2D eigenvalue weighted by atomic mass is 79.9. The van der Waals surface area contributed by atoms with Gasteiger partial charge in [-0.2, -0.15) is 0 Å². The molecular weight excluding hydrogens is 244 g/mol. The third kappa shape index (κ3) is 2.02. The van der Waals surface area contributed by atoms with Gasteiger partial charge >= 0.3 is 0 Å². The molecule has 3 heteroatoms. The summed E-state index contributed by atoms with van der Waals surface area (Å²) in [5.41, 5.74) is 0.272. The first-order chi connectivity index (χ1) is 5.83. The van der Waals surface area contributed by atoms with Gasteiger partial charge in [-0.25, -0.2) is 0 Å². The average Bonchev–Trinajstić information content (AvgIpc) is 2.37. The Balaban J connectivity index is 2.08. The topological polar surface area (TPSA) is 9.23 Å². The van der Waals surface area contributed by atoms with Crippen LogP contribution in [-0.4, -0.2) is 18.2 Å². The summed E-state index contributed by atoms with van der Waals surface area (Å²) in [4.78, 5) is 0. The largest absolute Gasteiger partial charge is 0.412 e. The summed E-state index contributed by atoms with van der Waals surface area (Å²) in [6.45, 7) is 6.90. The monoisotopic (exact) mass is 262 g/mol. The summed E-state index contributed by atoms with van der Waals surface area (Å²) in [5, 5.41) is 0. The van der Waals surface area contributed by atoms with Crippen LogP contribution in [0.2, 0.25) is 19.6 Å². The molecule has 0 N–H and O–H groups in total. The fourth-order valence-electron chi connectivity index (χ4n) is 2.87. The van der Waals surface area contributed by atoms with Crippen molar-refractivity contribution in [3.63, 3.8) is 0 Å². The second-order valence-electron chi connectivity index (χ2n) is 5.73. The van der Waals surface area contributed by atoms with Crippen molar-refractivity contribution < 1.29 is 4.43 Å². The lowest BCUT2D eigenvalue weighted by molar-refractivity contribution is 0.0722. The molecule has 0 radical (unpaired) electrons. The van der Waals surface area contributed by atoms with Crippen LogP contribution in [0.1, 0.15) is 32.1 Å². The van der Waals surface area contributed by atoms with E-state index in [0.29, 0.717) is 4.32 Å². The van der Waals surface area contributed by atoms with Crippen molar-refractivity contribution in [3.8, 4) is 0 Å². The summed E-state index contributed by atoms with van der Waals surface area (Å²) >= 11 is 3.86. The van der Waals surface area contributed by atoms with Crippen molar-refractivity contribution in [2.24, 2.45) is 0 Å². The molecule has 76 valence electrons. The van der Waals surface area contributed by atoms with Crippen LogP contribution in [-0.2, 0) is 4.43 Å². The van der Waals surface area contributed by atoms with Crippen LogP contribution in [0.15, 0.2) is 0 Å². The number of hydrogen-bond donors (Lipinski definition) is 0. The standard InChI is InChI=1S/C10H19BrOSi/c1-13(2,3)12-10-6-4-9(11,8-10)5-7-10/h4-8H2,1-3H3. The number of rotatable bonds is 2. The molecule has 2 aliphatic rings. The fraction of sp³-hybridized carbons (Fsp3) is 1.00. The van der Waals surface area contributed by atoms with Crippen LogP contribution >= 0.6 is 15.9 Å². The van der Waals surface area contributed by atoms with E-state index in [9.17, 15) is 0 Å². The summed E-state index contributed by atoms with van der Waals surface area (Å²) in [6, 6.07) is 0. The molecule has 0 aromatic rings. The van der Waals surface area contributed by atoms with Crippen LogP contribution in [0.4, 0.5) is 0 Å². The lowest BCUT2D eigenvalue weighted by atomic mass is 9.97. The molecule has 0 saturated heterocycles. The minimum Gasteiger partial charge on any atom is -0.412 e. The lowest BCUT2D eigenvalue weighted by Crippen LogP contribution is -2.39. The van der Waals surface area contributed by atoms with Gasteiger partial charge in [0, 0.05) is 4.32 Å². The molecule has 2 aliphatic carbocycles. The highest BCUT2D eigenvalue weighted by Gasteiger charge is 2.54. The highest BCUT2D eigenvalue weighted by Crippen LogP contribution is 2.57. The molecule has 2 rings (SSSR count). The predicted octanol–water partition coefficient (Wildman–Crippen LogP) is 3.69. The van der Waals surface area contributed by atoms with Gasteiger partial charge in [-0.3, -0.25) is 0 Å². The van der Waals surface area contributed by atoms with Crippen molar-refractivity contribution in [1.82, 2.24) is 0 Å². The number of fused-ring (bicyclic) bond motifs is 2. The van der Waals surface area contributed by atoms with E-state index in [1.807, 2.05) is 0 Å². The molecule has 1 nitrogen and oxygen atoms in total. The minimum absolute atomic E-state index is 0.272. The zero-order valence-corrected chi connectivity index (χ0v) is 11.4. The Morgan fingerprint density at radius 2 is 1.62 bits per heavy atom. The van der Waals surface area contributed by atoms with Crippen LogP contribution in [0.5, 0.6) is 0 Å². The molecule has 0 spiro atoms. The maximum atomic E-state index is 6.35. The third-order valence-electron chi connectivity index (χ3n) is 3.22. The minimum atomic E-state index is -1.34. The normalized spacial score (nSPS) is 44.3. The molecule has 0 aliphatic heterocycles. The van der Waals surface area contributed by atoms with Gasteiger partial charge in [0.1, 0.15) is 0 Å². The van der Waals surface area contributed by atoms with E-state index in [1.165, 1.54) is 32.1 Å². The van der Waals surface area contributed by atoms with E-state index in [0.717, 1.165) is 0 Å². The molecule has 2 saturated carbocycles. The first-order valence-electron chi connectivity index (χ1n) is 5.22. The van der Waals surface area contributed by atoms with Crippen molar-refractivity contribution in [1.29, 1.82) is 0 Å². The van der Waals surface area contributed by atoms with E-state index in [1.54, 1.807) is 0 Å². The molecular formula is C10H19BrOSi. The summed E-state index contributed by atoms with van der Waals surface area (Å²) in [5.74, 6) is 0. The van der Waals surface area contributed by atoms with E-state index >= 15 is 0 Å².